The maximum atomic E-state index is 5.53. The van der Waals surface area contributed by atoms with Crippen molar-refractivity contribution >= 4 is 15.9 Å². The van der Waals surface area contributed by atoms with Crippen molar-refractivity contribution < 1.29 is 14.2 Å². The van der Waals surface area contributed by atoms with E-state index in [1.54, 1.807) is 27.4 Å². The summed E-state index contributed by atoms with van der Waals surface area (Å²) in [5, 5.41) is 11.3. The molecular weight excluding hydrogens is 374 g/mol. The van der Waals surface area contributed by atoms with Crippen LogP contribution in [0.1, 0.15) is 0 Å². The standard InChI is InChI=1S/C17H16BrN3O3/c1-22-12-8-13(17(24-3)14(9-12)23-2)16-15(19-21-20-16)10-4-6-11(18)7-5-10/h4-9H,1-3H3,(H,19,20,21). The number of ether oxygens (including phenoxy) is 3. The van der Waals surface area contributed by atoms with Crippen molar-refractivity contribution in [3.05, 3.63) is 40.9 Å². The normalized spacial score (nSPS) is 10.5. The van der Waals surface area contributed by atoms with Crippen molar-refractivity contribution in [3.63, 3.8) is 0 Å². The second-order valence-electron chi connectivity index (χ2n) is 4.94. The fourth-order valence-electron chi connectivity index (χ4n) is 2.46. The lowest BCUT2D eigenvalue weighted by molar-refractivity contribution is 0.350. The zero-order chi connectivity index (χ0) is 17.1. The molecule has 0 aliphatic rings. The van der Waals surface area contributed by atoms with Gasteiger partial charge in [-0.1, -0.05) is 28.1 Å². The van der Waals surface area contributed by atoms with Crippen LogP contribution in [0.25, 0.3) is 22.5 Å². The smallest absolute Gasteiger partial charge is 0.170 e. The van der Waals surface area contributed by atoms with E-state index in [0.29, 0.717) is 22.9 Å². The van der Waals surface area contributed by atoms with Gasteiger partial charge < -0.3 is 14.2 Å². The van der Waals surface area contributed by atoms with Crippen LogP contribution in [0.2, 0.25) is 0 Å². The van der Waals surface area contributed by atoms with Crippen LogP contribution in [0.15, 0.2) is 40.9 Å². The molecule has 0 radical (unpaired) electrons. The van der Waals surface area contributed by atoms with E-state index in [4.69, 9.17) is 14.2 Å². The molecule has 0 unspecified atom stereocenters. The van der Waals surface area contributed by atoms with E-state index in [1.807, 2.05) is 30.3 Å². The fraction of sp³-hybridized carbons (Fsp3) is 0.176. The third kappa shape index (κ3) is 2.94. The number of rotatable bonds is 5. The van der Waals surface area contributed by atoms with Gasteiger partial charge in [-0.05, 0) is 18.2 Å². The summed E-state index contributed by atoms with van der Waals surface area (Å²) in [6.45, 7) is 0. The Morgan fingerprint density at radius 1 is 0.875 bits per heavy atom. The van der Waals surface area contributed by atoms with Gasteiger partial charge in [0.05, 0.1) is 26.9 Å². The Labute approximate surface area is 147 Å². The number of hydrogen-bond donors (Lipinski definition) is 1. The predicted octanol–water partition coefficient (Wildman–Crippen LogP) is 3.93. The van der Waals surface area contributed by atoms with Crippen LogP contribution in [0.5, 0.6) is 17.2 Å². The third-order valence-electron chi connectivity index (χ3n) is 3.61. The van der Waals surface area contributed by atoms with Gasteiger partial charge in [0.15, 0.2) is 11.5 Å². The van der Waals surface area contributed by atoms with E-state index in [-0.39, 0.29) is 0 Å². The van der Waals surface area contributed by atoms with Gasteiger partial charge in [0.1, 0.15) is 17.1 Å². The molecule has 1 N–H and O–H groups in total. The largest absolute Gasteiger partial charge is 0.497 e. The molecule has 1 aromatic heterocycles. The molecule has 0 saturated carbocycles. The topological polar surface area (TPSA) is 69.3 Å². The minimum Gasteiger partial charge on any atom is -0.497 e. The second-order valence-corrected chi connectivity index (χ2v) is 5.85. The summed E-state index contributed by atoms with van der Waals surface area (Å²) in [7, 11) is 4.77. The molecule has 0 saturated heterocycles. The van der Waals surface area contributed by atoms with E-state index in [2.05, 4.69) is 31.3 Å². The minimum absolute atomic E-state index is 0.566. The number of methoxy groups -OCH3 is 3. The van der Waals surface area contributed by atoms with Gasteiger partial charge in [-0.3, -0.25) is 0 Å². The Morgan fingerprint density at radius 2 is 1.58 bits per heavy atom. The zero-order valence-corrected chi connectivity index (χ0v) is 15.0. The lowest BCUT2D eigenvalue weighted by Gasteiger charge is -2.14. The molecule has 3 aromatic rings. The molecule has 7 heteroatoms. The predicted molar refractivity (Wildman–Crippen MR) is 94.6 cm³/mol. The Balaban J connectivity index is 2.20. The van der Waals surface area contributed by atoms with E-state index < -0.39 is 0 Å². The summed E-state index contributed by atoms with van der Waals surface area (Å²) in [5.74, 6) is 1.79. The summed E-state index contributed by atoms with van der Waals surface area (Å²) in [5.41, 5.74) is 3.05. The number of halogens is 1. The first-order valence-corrected chi connectivity index (χ1v) is 7.94. The summed E-state index contributed by atoms with van der Waals surface area (Å²) in [6, 6.07) is 11.5. The molecule has 6 nitrogen and oxygen atoms in total. The van der Waals surface area contributed by atoms with Crippen LogP contribution in [0, 0.1) is 0 Å². The first kappa shape index (κ1) is 16.3. The van der Waals surface area contributed by atoms with E-state index >= 15 is 0 Å². The van der Waals surface area contributed by atoms with Crippen LogP contribution in [0.3, 0.4) is 0 Å². The Bertz CT molecular complexity index is 847. The Morgan fingerprint density at radius 3 is 2.21 bits per heavy atom. The van der Waals surface area contributed by atoms with Gasteiger partial charge in [-0.25, -0.2) is 0 Å². The Hall–Kier alpha value is -2.54. The second kappa shape index (κ2) is 6.92. The van der Waals surface area contributed by atoms with Gasteiger partial charge in [0, 0.05) is 16.1 Å². The van der Waals surface area contributed by atoms with Gasteiger partial charge in [-0.2, -0.15) is 15.4 Å². The average Bonchev–Trinajstić information content (AvgIpc) is 3.10. The first-order chi connectivity index (χ1) is 11.7. The van der Waals surface area contributed by atoms with Crippen molar-refractivity contribution in [1.29, 1.82) is 0 Å². The summed E-state index contributed by atoms with van der Waals surface area (Å²) in [6.07, 6.45) is 0. The molecule has 0 fully saturated rings. The molecule has 0 bridgehead atoms. The summed E-state index contributed by atoms with van der Waals surface area (Å²) >= 11 is 3.44. The fourth-order valence-corrected chi connectivity index (χ4v) is 2.72. The lowest BCUT2D eigenvalue weighted by Crippen LogP contribution is -1.96. The first-order valence-electron chi connectivity index (χ1n) is 7.15. The van der Waals surface area contributed by atoms with Crippen molar-refractivity contribution in [2.75, 3.05) is 21.3 Å². The summed E-state index contributed by atoms with van der Waals surface area (Å²) < 4.78 is 17.3. The lowest BCUT2D eigenvalue weighted by atomic mass is 10.0. The average molecular weight is 390 g/mol. The zero-order valence-electron chi connectivity index (χ0n) is 13.5. The van der Waals surface area contributed by atoms with E-state index in [9.17, 15) is 0 Å². The van der Waals surface area contributed by atoms with Gasteiger partial charge >= 0.3 is 0 Å². The van der Waals surface area contributed by atoms with E-state index in [0.717, 1.165) is 21.3 Å². The van der Waals surface area contributed by atoms with Crippen LogP contribution >= 0.6 is 15.9 Å². The minimum atomic E-state index is 0.566. The molecule has 0 aliphatic carbocycles. The molecule has 0 atom stereocenters. The highest BCUT2D eigenvalue weighted by Gasteiger charge is 2.21. The monoisotopic (exact) mass is 389 g/mol. The van der Waals surface area contributed by atoms with Crippen molar-refractivity contribution in [3.8, 4) is 39.8 Å². The molecule has 0 amide bonds. The highest BCUT2D eigenvalue weighted by molar-refractivity contribution is 9.10. The number of H-pyrrole nitrogens is 1. The molecule has 24 heavy (non-hydrogen) atoms. The molecule has 1 heterocycles. The van der Waals surface area contributed by atoms with Crippen LogP contribution in [-0.2, 0) is 0 Å². The van der Waals surface area contributed by atoms with Gasteiger partial charge in [0.2, 0.25) is 0 Å². The third-order valence-corrected chi connectivity index (χ3v) is 4.14. The van der Waals surface area contributed by atoms with Crippen LogP contribution in [-0.4, -0.2) is 36.7 Å². The van der Waals surface area contributed by atoms with E-state index in [1.165, 1.54) is 0 Å². The van der Waals surface area contributed by atoms with Crippen molar-refractivity contribution in [1.82, 2.24) is 15.4 Å². The quantitative estimate of drug-likeness (QED) is 0.715. The van der Waals surface area contributed by atoms with Crippen LogP contribution in [0.4, 0.5) is 0 Å². The molecule has 0 spiro atoms. The maximum absolute atomic E-state index is 5.53. The van der Waals surface area contributed by atoms with Crippen molar-refractivity contribution in [2.45, 2.75) is 0 Å². The number of aromatic nitrogens is 3. The Kier molecular flexibility index (Phi) is 4.71. The SMILES string of the molecule is COc1cc(OC)c(OC)c(-c2n[nH]nc2-c2ccc(Br)cc2)c1. The number of nitrogens with one attached hydrogen (secondary N) is 1. The van der Waals surface area contributed by atoms with Crippen molar-refractivity contribution in [2.24, 2.45) is 0 Å². The summed E-state index contributed by atoms with van der Waals surface area (Å²) in [4.78, 5) is 0. The number of hydrogen-bond acceptors (Lipinski definition) is 5. The van der Waals surface area contributed by atoms with Gasteiger partial charge in [0.25, 0.3) is 0 Å². The molecule has 2 aromatic carbocycles. The molecule has 124 valence electrons. The number of aromatic amines is 1. The molecular formula is C17H16BrN3O3. The maximum Gasteiger partial charge on any atom is 0.170 e. The highest BCUT2D eigenvalue weighted by Crippen LogP contribution is 2.43. The molecule has 3 rings (SSSR count). The van der Waals surface area contributed by atoms with Gasteiger partial charge in [-0.15, -0.1) is 0 Å². The number of benzene rings is 2. The number of nitrogens with zero attached hydrogens (tertiary/aromatic N) is 2. The highest BCUT2D eigenvalue weighted by atomic mass is 79.9. The van der Waals surface area contributed by atoms with Crippen LogP contribution < -0.4 is 14.2 Å². The molecule has 0 aliphatic heterocycles.